The van der Waals surface area contributed by atoms with E-state index in [1.165, 1.54) is 117 Å². The largest absolute Gasteiger partial charge is 0.658 e. The SMILES string of the molecule is C.C.C#CCCCO.C#CCCCO[Si](c1ccccc1)(c1ccccc1)C(C)(C)C.CC(C)(C)[Si](Cl)(c1ccccc1)c1ccccc1.CC(C)(C)[Si](OCCCC/C=C/B(O)O)(c1ccccc1)c1ccccc1.CN1C(=O)C(c2ccc(OC(F)F)cc2)(c2cccc(/C=C/CCCO)c2)N=C1N.CN1C(=O)C(c2ccc(OC(F)F)cc2)(c2cccc(Br)c2)N=C1N.[B]1Oc2ccccc2O1. The van der Waals surface area contributed by atoms with Crippen LogP contribution in [-0.2, 0) is 29.5 Å². The fourth-order valence-electron chi connectivity index (χ4n) is 16.2. The lowest BCUT2D eigenvalue weighted by molar-refractivity contribution is -0.130. The van der Waals surface area contributed by atoms with Gasteiger partial charge in [-0.25, -0.2) is 9.98 Å². The predicted octanol–water partition coefficient (Wildman–Crippen LogP) is 19.9. The van der Waals surface area contributed by atoms with Crippen LogP contribution >= 0.6 is 27.0 Å². The molecule has 11 aromatic carbocycles. The highest BCUT2D eigenvalue weighted by Crippen LogP contribution is 2.45. The lowest BCUT2D eigenvalue weighted by Crippen LogP contribution is -2.66. The number of fused-ring (bicyclic) bond motifs is 1. The molecular formula is C111H133B2BrClF4N6O12Si3. The number of carbonyl (C=O) groups is 2. The van der Waals surface area contributed by atoms with Gasteiger partial charge in [0.25, 0.3) is 28.4 Å². The standard InChI is InChI=1S/C22H31BO3Si.C22H23F2N3O3.C21H26OSi.C17H14BrF2N3O2.C16H19ClSi.C6H4BO2.C5H8O.2CH4/c1-22(2,3)27(20-14-8-6-9-15-20,21-16-10-7-11-17-21)26-19-13-5-4-12-18-23(24)25;1-27-19(29)22(26-21(27)25,16-9-11-18(12-10-16)30-20(23)24)17-8-5-7-15(14-17)6-3-2-4-13-28;1-5-6-13-18-22-23(21(2,3)4,19-14-9-7-10-15-19)20-16-11-8-12-17-20;1-23-14(24)17(22-16(23)21,11-3-2-4-12(18)9-11)10-5-7-13(8-6-10)25-15(19)20;1-16(2,3)18(17,14-10-6-4-7-11-14)15-12-8-5-9-13-15;1-2-4-6-5(3-1)8-7-9-6;1-2-3-4-5-6;;/h6-12,14-18,24-25H,4-5,13,19H2,1-3H3;3,5-12,14,20,28H,2,4,13H2,1H3,(H2,25,26);1,7-12,14-17H,6,13,18H2,2-4H3;2-9,15H,1H3,(H2,21,22);4-13H,1-3H3;1-4H;1,6H,3-5H2;2*1H4/b18-12+;6-3+;;;;;;;. The van der Waals surface area contributed by atoms with Gasteiger partial charge in [0.2, 0.25) is 7.38 Å². The molecule has 11 aromatic rings. The summed E-state index contributed by atoms with van der Waals surface area (Å²) in [7, 11) is -4.00. The van der Waals surface area contributed by atoms with E-state index in [9.17, 15) is 27.2 Å². The minimum atomic E-state index is -2.94. The summed E-state index contributed by atoms with van der Waals surface area (Å²) in [4.78, 5) is 37.7. The zero-order valence-corrected chi connectivity index (χ0v) is 85.4. The van der Waals surface area contributed by atoms with Crippen molar-refractivity contribution in [1.29, 1.82) is 0 Å². The molecule has 0 bridgehead atoms. The average molecular weight is 2040 g/mol. The lowest BCUT2D eigenvalue weighted by atomic mass is 9.82. The number of para-hydroxylation sites is 2. The molecule has 29 heteroatoms. The fraction of sp³-hybridized carbons (Fsp3) is 0.297. The Balaban J connectivity index is 0.000000259. The van der Waals surface area contributed by atoms with E-state index < -0.39 is 55.4 Å². The number of aliphatic hydroxyl groups is 2. The van der Waals surface area contributed by atoms with Crippen LogP contribution in [0.4, 0.5) is 17.6 Å². The highest BCUT2D eigenvalue weighted by molar-refractivity contribution is 9.10. The van der Waals surface area contributed by atoms with Crippen molar-refractivity contribution in [2.45, 2.75) is 174 Å². The molecule has 8 N–H and O–H groups in total. The number of aliphatic hydroxyl groups excluding tert-OH is 2. The summed E-state index contributed by atoms with van der Waals surface area (Å²) < 4.78 is 82.6. The number of hydrogen-bond donors (Lipinski definition) is 6. The number of unbranched alkanes of at least 4 members (excludes halogenated alkanes) is 5. The molecule has 0 saturated carbocycles. The van der Waals surface area contributed by atoms with E-state index in [1.54, 1.807) is 24.3 Å². The number of aliphatic imine (C=N–C) groups is 2. The van der Waals surface area contributed by atoms with Crippen LogP contribution in [0.25, 0.3) is 6.08 Å². The number of ether oxygens (including phenoxy) is 2. The van der Waals surface area contributed by atoms with E-state index in [0.29, 0.717) is 48.3 Å². The van der Waals surface area contributed by atoms with Crippen molar-refractivity contribution in [3.8, 4) is 47.7 Å². The van der Waals surface area contributed by atoms with Gasteiger partial charge in [0.1, 0.15) is 23.0 Å². The number of amides is 2. The topological polar surface area (TPSA) is 254 Å². The molecule has 0 aromatic heterocycles. The zero-order valence-electron chi connectivity index (χ0n) is 80.1. The molecule has 0 fully saturated rings. The number of terminal acetylenes is 2. The molecule has 739 valence electrons. The number of nitrogens with two attached hydrogens (primary N) is 2. The molecule has 2 atom stereocenters. The van der Waals surface area contributed by atoms with Gasteiger partial charge < -0.3 is 59.4 Å². The van der Waals surface area contributed by atoms with Crippen LogP contribution in [0.3, 0.4) is 0 Å². The van der Waals surface area contributed by atoms with Crippen LogP contribution in [0, 0.1) is 24.7 Å². The summed E-state index contributed by atoms with van der Waals surface area (Å²) in [5.41, 5.74) is 12.1. The molecule has 3 aliphatic heterocycles. The maximum absolute atomic E-state index is 13.2. The maximum Gasteiger partial charge on any atom is 0.658 e. The van der Waals surface area contributed by atoms with Crippen molar-refractivity contribution >= 4 is 127 Å². The Morgan fingerprint density at radius 1 is 0.471 bits per heavy atom. The van der Waals surface area contributed by atoms with Crippen molar-refractivity contribution < 1.29 is 75.0 Å². The number of alkyl halides is 4. The van der Waals surface area contributed by atoms with Crippen LogP contribution in [0.1, 0.15) is 163 Å². The smallest absolute Gasteiger partial charge is 0.524 e. The van der Waals surface area contributed by atoms with Crippen molar-refractivity contribution in [2.75, 3.05) is 40.5 Å². The Hall–Kier alpha value is -11.9. The number of halogens is 6. The Kier molecular flexibility index (Phi) is 47.2. The molecule has 0 saturated heterocycles. The summed E-state index contributed by atoms with van der Waals surface area (Å²) in [6.45, 7) is 16.3. The van der Waals surface area contributed by atoms with Gasteiger partial charge in [-0.2, -0.15) is 28.6 Å². The number of carbonyl (C=O) groups excluding carboxylic acids is 2. The van der Waals surface area contributed by atoms with Crippen LogP contribution < -0.4 is 61.4 Å². The normalized spacial score (nSPS) is 14.8. The van der Waals surface area contributed by atoms with Crippen LogP contribution in [0.15, 0.2) is 336 Å². The van der Waals surface area contributed by atoms with Gasteiger partial charge in [0.15, 0.2) is 23.0 Å². The molecule has 2 unspecified atom stereocenters. The summed E-state index contributed by atoms with van der Waals surface area (Å²) >= 11 is 10.6. The van der Waals surface area contributed by atoms with Gasteiger partial charge in [-0.05, 0) is 174 Å². The first-order valence-corrected chi connectivity index (χ1v) is 53.2. The van der Waals surface area contributed by atoms with Crippen LogP contribution in [0.5, 0.6) is 23.0 Å². The van der Waals surface area contributed by atoms with Crippen LogP contribution in [-0.4, -0.2) is 146 Å². The Morgan fingerprint density at radius 3 is 1.15 bits per heavy atom. The number of guanidine groups is 2. The van der Waals surface area contributed by atoms with Gasteiger partial charge in [0.05, 0.1) is 0 Å². The van der Waals surface area contributed by atoms with Gasteiger partial charge in [-0.15, -0.1) is 24.7 Å². The van der Waals surface area contributed by atoms with E-state index in [1.807, 2.05) is 78.9 Å². The summed E-state index contributed by atoms with van der Waals surface area (Å²) in [5.74, 6) is 7.56. The molecule has 1 radical (unpaired) electrons. The Labute approximate surface area is 843 Å². The van der Waals surface area contributed by atoms with Crippen LogP contribution in [0.2, 0.25) is 15.1 Å². The molecule has 3 aliphatic rings. The van der Waals surface area contributed by atoms with Gasteiger partial charge in [-0.3, -0.25) is 19.4 Å². The van der Waals surface area contributed by atoms with Gasteiger partial charge in [0, 0.05) is 57.8 Å². The van der Waals surface area contributed by atoms with E-state index in [2.05, 4.69) is 279 Å². The lowest BCUT2D eigenvalue weighted by Gasteiger charge is -2.43. The summed E-state index contributed by atoms with van der Waals surface area (Å²) in [6.07, 6.45) is 23.1. The predicted molar refractivity (Wildman–Crippen MR) is 576 cm³/mol. The summed E-state index contributed by atoms with van der Waals surface area (Å²) in [5, 5.41) is 42.6. The first-order chi connectivity index (χ1) is 66.0. The second-order valence-electron chi connectivity index (χ2n) is 35.4. The van der Waals surface area contributed by atoms with E-state index >= 15 is 0 Å². The molecule has 3 heterocycles. The number of nitrogens with zero attached hydrogens (tertiary/aromatic N) is 4. The highest BCUT2D eigenvalue weighted by Gasteiger charge is 2.54. The minimum absolute atomic E-state index is 0. The molecule has 0 aliphatic carbocycles. The number of likely N-dealkylation sites (N-methyl/N-ethyl adjacent to an activating group) is 2. The van der Waals surface area contributed by atoms with E-state index in [0.717, 1.165) is 66.5 Å². The van der Waals surface area contributed by atoms with Crippen molar-refractivity contribution in [1.82, 2.24) is 9.80 Å². The number of hydrogen-bond acceptors (Lipinski definition) is 16. The first kappa shape index (κ1) is 117. The Bertz CT molecular complexity index is 5650. The number of rotatable bonds is 31. The van der Waals surface area contributed by atoms with Crippen molar-refractivity contribution in [2.24, 2.45) is 21.5 Å². The van der Waals surface area contributed by atoms with Crippen molar-refractivity contribution in [3.63, 3.8) is 0 Å². The second-order valence-corrected chi connectivity index (χ2v) is 50.6. The molecule has 14 rings (SSSR count). The minimum Gasteiger partial charge on any atom is -0.524 e. The van der Waals surface area contributed by atoms with E-state index in [4.69, 9.17) is 73.8 Å². The maximum atomic E-state index is 13.2. The molecule has 2 amide bonds. The van der Waals surface area contributed by atoms with Gasteiger partial charge in [-0.1, -0.05) is 366 Å². The third kappa shape index (κ3) is 30.8. The Morgan fingerprint density at radius 2 is 0.821 bits per heavy atom. The van der Waals surface area contributed by atoms with E-state index in [-0.39, 0.29) is 78.4 Å². The second kappa shape index (κ2) is 56.5. The third-order valence-corrected chi connectivity index (χ3v) is 40.8. The fourth-order valence-corrected chi connectivity index (χ4v) is 29.9. The summed E-state index contributed by atoms with van der Waals surface area (Å²) in [6, 6.07) is 97.4. The first-order valence-electron chi connectivity index (χ1n) is 45.5. The molecular weight excluding hydrogens is 1910 g/mol. The molecule has 140 heavy (non-hydrogen) atoms. The number of benzene rings is 11. The quantitative estimate of drug-likeness (QED) is 0.00777. The third-order valence-electron chi connectivity index (χ3n) is 22.9. The highest BCUT2D eigenvalue weighted by atomic mass is 79.9. The average Bonchev–Trinajstić information content (AvgIpc) is 1.59. The number of allylic oxidation sites excluding steroid dienone is 2. The van der Waals surface area contributed by atoms with Gasteiger partial charge >= 0.3 is 28.0 Å². The molecule has 0 spiro atoms. The zero-order chi connectivity index (χ0) is 101. The molecule has 18 nitrogen and oxygen atoms in total. The monoisotopic (exact) mass is 2040 g/mol. The van der Waals surface area contributed by atoms with Crippen molar-refractivity contribution in [3.05, 3.63) is 354 Å².